The zero-order valence-electron chi connectivity index (χ0n) is 19.6. The Morgan fingerprint density at radius 1 is 0.947 bits per heavy atom. The molecule has 0 radical (unpaired) electrons. The quantitative estimate of drug-likeness (QED) is 0.331. The van der Waals surface area contributed by atoms with Gasteiger partial charge in [-0.2, -0.15) is 0 Å². The standard InChI is InChI=1S/C26H16F3N5O4/c1-34-23(8-14-2-4-15(27)5-3-14)31-12-18(25(34)35)19-7-6-16(11-30-19)36-24-17-9-21-22(38-26(28,29)37-21)10-20(17)32-13-33-24/h2-7,9-13H,8H2,1H3. The average molecular weight is 519 g/mol. The molecule has 0 bridgehead atoms. The lowest BCUT2D eigenvalue weighted by atomic mass is 10.1. The molecule has 0 saturated heterocycles. The van der Waals surface area contributed by atoms with E-state index in [4.69, 9.17) is 4.74 Å². The molecule has 0 fully saturated rings. The van der Waals surface area contributed by atoms with E-state index in [1.165, 1.54) is 47.6 Å². The molecule has 0 amide bonds. The predicted molar refractivity (Wildman–Crippen MR) is 128 cm³/mol. The summed E-state index contributed by atoms with van der Waals surface area (Å²) in [5.74, 6) is 0.246. The molecule has 0 aliphatic carbocycles. The number of pyridine rings is 1. The maximum Gasteiger partial charge on any atom is 0.586 e. The summed E-state index contributed by atoms with van der Waals surface area (Å²) in [4.78, 5) is 29.9. The average Bonchev–Trinajstić information content (AvgIpc) is 3.20. The molecule has 2 aromatic carbocycles. The van der Waals surface area contributed by atoms with E-state index < -0.39 is 6.29 Å². The minimum absolute atomic E-state index is 0.0916. The van der Waals surface area contributed by atoms with Gasteiger partial charge in [0.25, 0.3) is 5.56 Å². The van der Waals surface area contributed by atoms with Crippen LogP contribution in [0.1, 0.15) is 11.4 Å². The van der Waals surface area contributed by atoms with Crippen LogP contribution in [0.5, 0.6) is 23.1 Å². The molecule has 5 aromatic rings. The SMILES string of the molecule is Cn1c(Cc2ccc(F)cc2)ncc(-c2ccc(Oc3ncnc4cc5c(cc34)OC(F)(F)O5)cn2)c1=O. The number of benzene rings is 2. The lowest BCUT2D eigenvalue weighted by molar-refractivity contribution is -0.286. The van der Waals surface area contributed by atoms with Crippen LogP contribution in [0.15, 0.2) is 72.0 Å². The molecule has 0 unspecified atom stereocenters. The monoisotopic (exact) mass is 519 g/mol. The Kier molecular flexibility index (Phi) is 5.44. The predicted octanol–water partition coefficient (Wildman–Crippen LogP) is 4.63. The summed E-state index contributed by atoms with van der Waals surface area (Å²) in [6.07, 6.45) is 0.662. The van der Waals surface area contributed by atoms with Crippen LogP contribution in [0.3, 0.4) is 0 Å². The third-order valence-corrected chi connectivity index (χ3v) is 5.89. The molecule has 0 atom stereocenters. The fraction of sp³-hybridized carbons (Fsp3) is 0.115. The van der Waals surface area contributed by atoms with Crippen molar-refractivity contribution in [1.82, 2.24) is 24.5 Å². The molecule has 38 heavy (non-hydrogen) atoms. The first kappa shape index (κ1) is 23.4. The van der Waals surface area contributed by atoms with Crippen molar-refractivity contribution < 1.29 is 27.4 Å². The second-order valence-corrected chi connectivity index (χ2v) is 8.40. The zero-order valence-corrected chi connectivity index (χ0v) is 19.6. The van der Waals surface area contributed by atoms with Crippen molar-refractivity contribution in [3.05, 3.63) is 94.8 Å². The van der Waals surface area contributed by atoms with Crippen LogP contribution in [0.25, 0.3) is 22.2 Å². The number of aromatic nitrogens is 5. The maximum absolute atomic E-state index is 13.4. The first-order valence-corrected chi connectivity index (χ1v) is 11.2. The summed E-state index contributed by atoms with van der Waals surface area (Å²) in [6, 6.07) is 11.8. The van der Waals surface area contributed by atoms with Crippen LogP contribution in [-0.4, -0.2) is 30.8 Å². The van der Waals surface area contributed by atoms with Crippen LogP contribution in [0, 0.1) is 5.82 Å². The number of rotatable bonds is 5. The van der Waals surface area contributed by atoms with Crippen LogP contribution >= 0.6 is 0 Å². The second kappa shape index (κ2) is 8.83. The van der Waals surface area contributed by atoms with Crippen molar-refractivity contribution in [3.8, 4) is 34.4 Å². The molecule has 1 aliphatic rings. The fourth-order valence-electron chi connectivity index (χ4n) is 3.97. The highest BCUT2D eigenvalue weighted by Crippen LogP contribution is 2.44. The van der Waals surface area contributed by atoms with Gasteiger partial charge in [-0.1, -0.05) is 12.1 Å². The third-order valence-electron chi connectivity index (χ3n) is 5.89. The Morgan fingerprint density at radius 2 is 1.71 bits per heavy atom. The molecule has 4 heterocycles. The molecule has 0 spiro atoms. The highest BCUT2D eigenvalue weighted by Gasteiger charge is 2.43. The van der Waals surface area contributed by atoms with Gasteiger partial charge in [-0.25, -0.2) is 19.3 Å². The molecular weight excluding hydrogens is 503 g/mol. The van der Waals surface area contributed by atoms with Gasteiger partial charge in [-0.05, 0) is 35.9 Å². The summed E-state index contributed by atoms with van der Waals surface area (Å²) in [5.41, 5.74) is 1.49. The lowest BCUT2D eigenvalue weighted by Crippen LogP contribution is -2.25. The van der Waals surface area contributed by atoms with E-state index >= 15 is 0 Å². The van der Waals surface area contributed by atoms with Crippen LogP contribution < -0.4 is 19.8 Å². The topological polar surface area (TPSA) is 101 Å². The minimum Gasteiger partial charge on any atom is -0.437 e. The maximum atomic E-state index is 13.4. The highest BCUT2D eigenvalue weighted by molar-refractivity contribution is 5.87. The summed E-state index contributed by atoms with van der Waals surface area (Å²) < 4.78 is 56.3. The summed E-state index contributed by atoms with van der Waals surface area (Å²) in [7, 11) is 1.61. The van der Waals surface area contributed by atoms with Crippen molar-refractivity contribution in [2.24, 2.45) is 7.05 Å². The number of hydrogen-bond donors (Lipinski definition) is 0. The van der Waals surface area contributed by atoms with Gasteiger partial charge < -0.3 is 14.2 Å². The van der Waals surface area contributed by atoms with E-state index in [2.05, 4.69) is 29.4 Å². The van der Waals surface area contributed by atoms with Gasteiger partial charge >= 0.3 is 6.29 Å². The molecule has 0 N–H and O–H groups in total. The summed E-state index contributed by atoms with van der Waals surface area (Å²) in [6.45, 7) is 0. The van der Waals surface area contributed by atoms with E-state index in [0.29, 0.717) is 28.8 Å². The van der Waals surface area contributed by atoms with Gasteiger partial charge in [0, 0.05) is 25.7 Å². The minimum atomic E-state index is -3.76. The number of ether oxygens (including phenoxy) is 3. The van der Waals surface area contributed by atoms with Crippen LogP contribution in [0.2, 0.25) is 0 Å². The molecule has 12 heteroatoms. The normalized spacial score (nSPS) is 13.6. The van der Waals surface area contributed by atoms with Crippen LogP contribution in [-0.2, 0) is 13.5 Å². The zero-order chi connectivity index (χ0) is 26.4. The van der Waals surface area contributed by atoms with Crippen molar-refractivity contribution in [2.45, 2.75) is 12.7 Å². The van der Waals surface area contributed by atoms with Crippen molar-refractivity contribution >= 4 is 10.9 Å². The molecule has 9 nitrogen and oxygen atoms in total. The van der Waals surface area contributed by atoms with E-state index in [9.17, 15) is 18.0 Å². The molecule has 0 saturated carbocycles. The number of nitrogens with zero attached hydrogens (tertiary/aromatic N) is 5. The van der Waals surface area contributed by atoms with Gasteiger partial charge in [0.05, 0.1) is 28.4 Å². The van der Waals surface area contributed by atoms with E-state index in [1.807, 2.05) is 0 Å². The molecule has 190 valence electrons. The molecular formula is C26H16F3N5O4. The van der Waals surface area contributed by atoms with E-state index in [-0.39, 0.29) is 40.1 Å². The highest BCUT2D eigenvalue weighted by atomic mass is 19.3. The smallest absolute Gasteiger partial charge is 0.437 e. The van der Waals surface area contributed by atoms with Gasteiger partial charge in [-0.15, -0.1) is 8.78 Å². The van der Waals surface area contributed by atoms with Gasteiger partial charge in [-0.3, -0.25) is 14.3 Å². The van der Waals surface area contributed by atoms with Gasteiger partial charge in [0.1, 0.15) is 23.7 Å². The molecule has 6 rings (SSSR count). The summed E-state index contributed by atoms with van der Waals surface area (Å²) >= 11 is 0. The number of hydrogen-bond acceptors (Lipinski definition) is 8. The van der Waals surface area contributed by atoms with Gasteiger partial charge in [0.15, 0.2) is 11.5 Å². The fourth-order valence-corrected chi connectivity index (χ4v) is 3.97. The van der Waals surface area contributed by atoms with Crippen molar-refractivity contribution in [1.29, 1.82) is 0 Å². The number of fused-ring (bicyclic) bond motifs is 2. The van der Waals surface area contributed by atoms with Gasteiger partial charge in [0.2, 0.25) is 5.88 Å². The van der Waals surface area contributed by atoms with E-state index in [0.717, 1.165) is 5.56 Å². The molecule has 1 aliphatic heterocycles. The Balaban J connectivity index is 1.25. The Morgan fingerprint density at radius 3 is 2.45 bits per heavy atom. The lowest BCUT2D eigenvalue weighted by Gasteiger charge is -2.10. The Bertz CT molecular complexity index is 1740. The first-order valence-electron chi connectivity index (χ1n) is 11.2. The molecule has 3 aromatic heterocycles. The summed E-state index contributed by atoms with van der Waals surface area (Å²) in [5, 5.41) is 0.325. The van der Waals surface area contributed by atoms with Crippen molar-refractivity contribution in [2.75, 3.05) is 0 Å². The Hall–Kier alpha value is -5.00. The van der Waals surface area contributed by atoms with Crippen LogP contribution in [0.4, 0.5) is 13.2 Å². The second-order valence-electron chi connectivity index (χ2n) is 8.40. The Labute approximate surface area is 212 Å². The first-order chi connectivity index (χ1) is 18.3. The number of alkyl halides is 2. The third kappa shape index (κ3) is 4.36. The van der Waals surface area contributed by atoms with Crippen molar-refractivity contribution in [3.63, 3.8) is 0 Å². The number of halogens is 3. The van der Waals surface area contributed by atoms with E-state index in [1.54, 1.807) is 31.3 Å². The largest absolute Gasteiger partial charge is 0.586 e.